The summed E-state index contributed by atoms with van der Waals surface area (Å²) in [5.41, 5.74) is 3.35. The van der Waals surface area contributed by atoms with Gasteiger partial charge in [0, 0.05) is 5.39 Å². The first-order chi connectivity index (χ1) is 7.72. The second kappa shape index (κ2) is 4.54. The Morgan fingerprint density at radius 1 is 1.31 bits per heavy atom. The Hall–Kier alpha value is -1.53. The number of pyridine rings is 1. The predicted molar refractivity (Wildman–Crippen MR) is 67.6 cm³/mol. The first-order valence-electron chi connectivity index (χ1n) is 5.09. The molecule has 1 heterocycles. The van der Waals surface area contributed by atoms with Crippen LogP contribution < -0.4 is 0 Å². The Balaban J connectivity index is 2.56. The zero-order valence-corrected chi connectivity index (χ0v) is 10.1. The molecule has 0 saturated carbocycles. The van der Waals surface area contributed by atoms with E-state index in [4.69, 9.17) is 5.26 Å². The molecule has 0 N–H and O–H groups in total. The van der Waals surface area contributed by atoms with Gasteiger partial charge in [0.05, 0.1) is 17.3 Å². The second-order valence-electron chi connectivity index (χ2n) is 3.70. The van der Waals surface area contributed by atoms with Crippen LogP contribution in [0.25, 0.3) is 10.9 Å². The van der Waals surface area contributed by atoms with Crippen LogP contribution in [0.5, 0.6) is 0 Å². The lowest BCUT2D eigenvalue weighted by Crippen LogP contribution is -1.90. The van der Waals surface area contributed by atoms with Crippen LogP contribution in [0, 0.1) is 25.2 Å². The van der Waals surface area contributed by atoms with Crippen LogP contribution in [-0.4, -0.2) is 10.7 Å². The Morgan fingerprint density at radius 2 is 2.12 bits per heavy atom. The number of thioether (sulfide) groups is 1. The number of aryl methyl sites for hydroxylation is 2. The normalized spacial score (nSPS) is 10.3. The van der Waals surface area contributed by atoms with Crippen LogP contribution in [0.15, 0.2) is 29.3 Å². The van der Waals surface area contributed by atoms with Gasteiger partial charge in [-0.1, -0.05) is 30.0 Å². The largest absolute Gasteiger partial charge is 0.241 e. The fourth-order valence-corrected chi connectivity index (χ4v) is 2.33. The quantitative estimate of drug-likeness (QED) is 0.738. The van der Waals surface area contributed by atoms with Gasteiger partial charge in [0.2, 0.25) is 0 Å². The minimum Gasteiger partial charge on any atom is -0.241 e. The third kappa shape index (κ3) is 2.02. The van der Waals surface area contributed by atoms with E-state index in [1.807, 2.05) is 13.0 Å². The van der Waals surface area contributed by atoms with Crippen LogP contribution in [-0.2, 0) is 0 Å². The highest BCUT2D eigenvalue weighted by Crippen LogP contribution is 2.25. The average molecular weight is 228 g/mol. The summed E-state index contributed by atoms with van der Waals surface area (Å²) in [7, 11) is 0. The van der Waals surface area contributed by atoms with Crippen molar-refractivity contribution in [3.63, 3.8) is 0 Å². The van der Waals surface area contributed by atoms with Crippen molar-refractivity contribution in [2.75, 3.05) is 5.75 Å². The Morgan fingerprint density at radius 3 is 2.88 bits per heavy atom. The molecule has 0 unspecified atom stereocenters. The molecule has 16 heavy (non-hydrogen) atoms. The summed E-state index contributed by atoms with van der Waals surface area (Å²) in [6.45, 7) is 4.10. The molecule has 2 rings (SSSR count). The second-order valence-corrected chi connectivity index (χ2v) is 4.67. The number of nitriles is 1. The zero-order chi connectivity index (χ0) is 11.5. The van der Waals surface area contributed by atoms with E-state index in [2.05, 4.69) is 36.2 Å². The summed E-state index contributed by atoms with van der Waals surface area (Å²) in [5.74, 6) is 0.450. The average Bonchev–Trinajstić information content (AvgIpc) is 2.27. The number of hydrogen-bond donors (Lipinski definition) is 0. The topological polar surface area (TPSA) is 36.7 Å². The van der Waals surface area contributed by atoms with Gasteiger partial charge in [0.15, 0.2) is 0 Å². The van der Waals surface area contributed by atoms with E-state index < -0.39 is 0 Å². The van der Waals surface area contributed by atoms with Gasteiger partial charge in [0.1, 0.15) is 5.03 Å². The molecule has 3 heteroatoms. The molecule has 1 aromatic heterocycles. The lowest BCUT2D eigenvalue weighted by molar-refractivity contribution is 1.12. The van der Waals surface area contributed by atoms with Gasteiger partial charge in [-0.15, -0.1) is 0 Å². The molecule has 0 saturated heterocycles. The fourth-order valence-electron chi connectivity index (χ4n) is 1.68. The van der Waals surface area contributed by atoms with Crippen molar-refractivity contribution in [1.29, 1.82) is 5.26 Å². The van der Waals surface area contributed by atoms with Gasteiger partial charge in [0.25, 0.3) is 0 Å². The maximum absolute atomic E-state index is 8.59. The molecule has 0 aliphatic heterocycles. The lowest BCUT2D eigenvalue weighted by atomic mass is 10.1. The third-order valence-electron chi connectivity index (χ3n) is 2.47. The molecule has 0 atom stereocenters. The van der Waals surface area contributed by atoms with Gasteiger partial charge >= 0.3 is 0 Å². The SMILES string of the molecule is Cc1cc2cccc(C)c2nc1SCC#N. The molecule has 0 aliphatic carbocycles. The number of nitrogens with zero attached hydrogens (tertiary/aromatic N) is 2. The van der Waals surface area contributed by atoms with Crippen LogP contribution in [0.2, 0.25) is 0 Å². The summed E-state index contributed by atoms with van der Waals surface area (Å²) in [6.07, 6.45) is 0. The molecule has 0 amide bonds. The lowest BCUT2D eigenvalue weighted by Gasteiger charge is -2.06. The van der Waals surface area contributed by atoms with Crippen molar-refractivity contribution < 1.29 is 0 Å². The van der Waals surface area contributed by atoms with E-state index in [1.165, 1.54) is 22.7 Å². The summed E-state index contributed by atoms with van der Waals surface area (Å²) < 4.78 is 0. The van der Waals surface area contributed by atoms with Crippen LogP contribution in [0.4, 0.5) is 0 Å². The molecule has 2 aromatic rings. The first kappa shape index (κ1) is 11.0. The van der Waals surface area contributed by atoms with Crippen molar-refractivity contribution in [1.82, 2.24) is 4.98 Å². The van der Waals surface area contributed by atoms with Crippen LogP contribution >= 0.6 is 11.8 Å². The maximum atomic E-state index is 8.59. The standard InChI is InChI=1S/C13H12N2S/c1-9-4-3-5-11-8-10(2)13(15-12(9)11)16-7-6-14/h3-5,8H,7H2,1-2H3. The van der Waals surface area contributed by atoms with Crippen molar-refractivity contribution in [2.45, 2.75) is 18.9 Å². The highest BCUT2D eigenvalue weighted by atomic mass is 32.2. The number of aromatic nitrogens is 1. The molecular formula is C13H12N2S. The number of rotatable bonds is 2. The molecule has 0 spiro atoms. The Labute approximate surface area is 99.3 Å². The zero-order valence-electron chi connectivity index (χ0n) is 9.32. The monoisotopic (exact) mass is 228 g/mol. The van der Waals surface area contributed by atoms with Crippen LogP contribution in [0.1, 0.15) is 11.1 Å². The number of hydrogen-bond acceptors (Lipinski definition) is 3. The third-order valence-corrected chi connectivity index (χ3v) is 3.43. The summed E-state index contributed by atoms with van der Waals surface area (Å²) >= 11 is 1.50. The Kier molecular flexibility index (Phi) is 3.12. The molecular weight excluding hydrogens is 216 g/mol. The van der Waals surface area contributed by atoms with Gasteiger partial charge in [-0.2, -0.15) is 5.26 Å². The van der Waals surface area contributed by atoms with Crippen LogP contribution in [0.3, 0.4) is 0 Å². The molecule has 0 radical (unpaired) electrons. The van der Waals surface area contributed by atoms with Gasteiger partial charge in [-0.05, 0) is 31.0 Å². The molecule has 0 bridgehead atoms. The van der Waals surface area contributed by atoms with E-state index in [1.54, 1.807) is 0 Å². The Bertz CT molecular complexity index is 570. The minimum absolute atomic E-state index is 0.450. The molecule has 0 fully saturated rings. The number of para-hydroxylation sites is 1. The highest BCUT2D eigenvalue weighted by Gasteiger charge is 2.05. The van der Waals surface area contributed by atoms with E-state index >= 15 is 0 Å². The van der Waals surface area contributed by atoms with Crippen molar-refractivity contribution >= 4 is 22.7 Å². The van der Waals surface area contributed by atoms with Gasteiger partial charge < -0.3 is 0 Å². The summed E-state index contributed by atoms with van der Waals surface area (Å²) in [4.78, 5) is 4.62. The molecule has 0 aliphatic rings. The van der Waals surface area contributed by atoms with E-state index in [-0.39, 0.29) is 0 Å². The van der Waals surface area contributed by atoms with E-state index in [9.17, 15) is 0 Å². The number of benzene rings is 1. The van der Waals surface area contributed by atoms with Crippen molar-refractivity contribution in [3.05, 3.63) is 35.4 Å². The molecule has 80 valence electrons. The fraction of sp³-hybridized carbons (Fsp3) is 0.231. The summed E-state index contributed by atoms with van der Waals surface area (Å²) in [6, 6.07) is 10.4. The van der Waals surface area contributed by atoms with Gasteiger partial charge in [-0.25, -0.2) is 4.98 Å². The van der Waals surface area contributed by atoms with E-state index in [0.717, 1.165) is 16.1 Å². The van der Waals surface area contributed by atoms with E-state index in [0.29, 0.717) is 5.75 Å². The molecule has 2 nitrogen and oxygen atoms in total. The number of fused-ring (bicyclic) bond motifs is 1. The highest BCUT2D eigenvalue weighted by molar-refractivity contribution is 7.99. The first-order valence-corrected chi connectivity index (χ1v) is 6.07. The van der Waals surface area contributed by atoms with Crippen molar-refractivity contribution in [3.8, 4) is 6.07 Å². The smallest absolute Gasteiger partial charge is 0.101 e. The summed E-state index contributed by atoms with van der Waals surface area (Å²) in [5, 5.41) is 10.7. The van der Waals surface area contributed by atoms with Gasteiger partial charge in [-0.3, -0.25) is 0 Å². The van der Waals surface area contributed by atoms with Crippen molar-refractivity contribution in [2.24, 2.45) is 0 Å². The minimum atomic E-state index is 0.450. The maximum Gasteiger partial charge on any atom is 0.101 e. The molecule has 1 aromatic carbocycles. The predicted octanol–water partition coefficient (Wildman–Crippen LogP) is 3.47.